The number of hydrogen-bond acceptors (Lipinski definition) is 3. The standard InChI is InChI=1S/C8H14N4/c1-5-7-6(4-11(5)2)8(9)10-12(7)3/h5H,4H2,1-3H3,(H2,9,10). The van der Waals surface area contributed by atoms with Crippen LogP contribution in [-0.4, -0.2) is 21.7 Å². The third kappa shape index (κ3) is 0.783. The highest BCUT2D eigenvalue weighted by molar-refractivity contribution is 5.46. The van der Waals surface area contributed by atoms with Gasteiger partial charge < -0.3 is 5.73 Å². The van der Waals surface area contributed by atoms with Crippen LogP contribution < -0.4 is 5.73 Å². The molecule has 1 aromatic rings. The van der Waals surface area contributed by atoms with Crippen LogP contribution in [-0.2, 0) is 13.6 Å². The molecule has 1 unspecified atom stereocenters. The molecule has 0 saturated heterocycles. The van der Waals surface area contributed by atoms with Crippen molar-refractivity contribution in [1.82, 2.24) is 14.7 Å². The van der Waals surface area contributed by atoms with E-state index in [0.717, 1.165) is 6.54 Å². The summed E-state index contributed by atoms with van der Waals surface area (Å²) in [5, 5.41) is 4.19. The SMILES string of the molecule is CC1c2c(c(N)nn2C)CN1C. The van der Waals surface area contributed by atoms with Gasteiger partial charge in [-0.25, -0.2) is 0 Å². The number of nitrogen functional groups attached to an aromatic ring is 1. The first-order chi connectivity index (χ1) is 5.61. The molecule has 0 fully saturated rings. The van der Waals surface area contributed by atoms with E-state index in [0.29, 0.717) is 11.9 Å². The van der Waals surface area contributed by atoms with Crippen molar-refractivity contribution in [2.45, 2.75) is 19.5 Å². The molecule has 0 radical (unpaired) electrons. The molecular formula is C8H14N4. The highest BCUT2D eigenvalue weighted by atomic mass is 15.3. The van der Waals surface area contributed by atoms with E-state index in [1.54, 1.807) is 0 Å². The summed E-state index contributed by atoms with van der Waals surface area (Å²) in [7, 11) is 4.05. The Morgan fingerprint density at radius 3 is 2.75 bits per heavy atom. The Morgan fingerprint density at radius 2 is 2.17 bits per heavy atom. The largest absolute Gasteiger partial charge is 0.382 e. The Balaban J connectivity index is 2.55. The minimum absolute atomic E-state index is 0.440. The van der Waals surface area contributed by atoms with Crippen LogP contribution in [0.5, 0.6) is 0 Å². The lowest BCUT2D eigenvalue weighted by molar-refractivity contribution is 0.277. The van der Waals surface area contributed by atoms with Gasteiger partial charge in [-0.05, 0) is 14.0 Å². The molecule has 2 N–H and O–H groups in total. The van der Waals surface area contributed by atoms with Gasteiger partial charge in [-0.1, -0.05) is 0 Å². The van der Waals surface area contributed by atoms with Crippen LogP contribution in [0.3, 0.4) is 0 Å². The molecule has 12 heavy (non-hydrogen) atoms. The van der Waals surface area contributed by atoms with E-state index in [2.05, 4.69) is 24.0 Å². The number of nitrogens with two attached hydrogens (primary N) is 1. The summed E-state index contributed by atoms with van der Waals surface area (Å²) in [4.78, 5) is 2.27. The van der Waals surface area contributed by atoms with Crippen molar-refractivity contribution in [3.63, 3.8) is 0 Å². The van der Waals surface area contributed by atoms with E-state index in [9.17, 15) is 0 Å². The number of aromatic nitrogens is 2. The number of nitrogens with zero attached hydrogens (tertiary/aromatic N) is 3. The first-order valence-electron chi connectivity index (χ1n) is 4.12. The average Bonchev–Trinajstić information content (AvgIpc) is 2.41. The van der Waals surface area contributed by atoms with E-state index in [1.807, 2.05) is 11.7 Å². The van der Waals surface area contributed by atoms with Gasteiger partial charge in [0, 0.05) is 25.2 Å². The number of rotatable bonds is 0. The third-order valence-corrected chi connectivity index (χ3v) is 2.69. The van der Waals surface area contributed by atoms with Gasteiger partial charge in [-0.3, -0.25) is 9.58 Å². The van der Waals surface area contributed by atoms with Gasteiger partial charge in [0.25, 0.3) is 0 Å². The van der Waals surface area contributed by atoms with Crippen molar-refractivity contribution in [2.75, 3.05) is 12.8 Å². The molecule has 1 aromatic heterocycles. The zero-order chi connectivity index (χ0) is 8.88. The number of aryl methyl sites for hydroxylation is 1. The second kappa shape index (κ2) is 2.23. The summed E-state index contributed by atoms with van der Waals surface area (Å²) in [5.74, 6) is 0.684. The molecule has 4 nitrogen and oxygen atoms in total. The van der Waals surface area contributed by atoms with Crippen LogP contribution in [0.4, 0.5) is 5.82 Å². The molecule has 2 rings (SSSR count). The molecule has 0 amide bonds. The first-order valence-corrected chi connectivity index (χ1v) is 4.12. The highest BCUT2D eigenvalue weighted by Crippen LogP contribution is 2.34. The van der Waals surface area contributed by atoms with Gasteiger partial charge in [-0.15, -0.1) is 0 Å². The maximum Gasteiger partial charge on any atom is 0.150 e. The summed E-state index contributed by atoms with van der Waals surface area (Å²) < 4.78 is 1.89. The third-order valence-electron chi connectivity index (χ3n) is 2.69. The van der Waals surface area contributed by atoms with Gasteiger partial charge >= 0.3 is 0 Å². The topological polar surface area (TPSA) is 47.1 Å². The van der Waals surface area contributed by atoms with Crippen LogP contribution >= 0.6 is 0 Å². The molecule has 1 aliphatic rings. The number of hydrogen-bond donors (Lipinski definition) is 1. The summed E-state index contributed by atoms with van der Waals surface area (Å²) in [6, 6.07) is 0.440. The van der Waals surface area contributed by atoms with Crippen molar-refractivity contribution >= 4 is 5.82 Å². The van der Waals surface area contributed by atoms with Crippen LogP contribution in [0.2, 0.25) is 0 Å². The Morgan fingerprint density at radius 1 is 1.50 bits per heavy atom. The van der Waals surface area contributed by atoms with E-state index in [1.165, 1.54) is 11.3 Å². The maximum absolute atomic E-state index is 5.76. The molecule has 0 bridgehead atoms. The predicted molar refractivity (Wildman–Crippen MR) is 47.5 cm³/mol. The van der Waals surface area contributed by atoms with Crippen LogP contribution in [0, 0.1) is 0 Å². The Hall–Kier alpha value is -1.03. The van der Waals surface area contributed by atoms with Gasteiger partial charge in [0.2, 0.25) is 0 Å². The van der Waals surface area contributed by atoms with Crippen molar-refractivity contribution in [3.05, 3.63) is 11.3 Å². The molecule has 0 aliphatic carbocycles. The Labute approximate surface area is 72.0 Å². The molecule has 66 valence electrons. The molecule has 4 heteroatoms. The highest BCUT2D eigenvalue weighted by Gasteiger charge is 2.29. The molecule has 1 aliphatic heterocycles. The predicted octanol–water partition coefficient (Wildman–Crippen LogP) is 0.509. The molecule has 1 atom stereocenters. The minimum atomic E-state index is 0.440. The van der Waals surface area contributed by atoms with Crippen LogP contribution in [0.15, 0.2) is 0 Å². The first kappa shape index (κ1) is 7.61. The zero-order valence-electron chi connectivity index (χ0n) is 7.70. The number of anilines is 1. The van der Waals surface area contributed by atoms with Gasteiger partial charge in [0.05, 0.1) is 5.69 Å². The quantitative estimate of drug-likeness (QED) is 0.611. The molecule has 0 spiro atoms. The van der Waals surface area contributed by atoms with E-state index < -0.39 is 0 Å². The Bertz CT molecular complexity index is 315. The van der Waals surface area contributed by atoms with E-state index in [-0.39, 0.29) is 0 Å². The minimum Gasteiger partial charge on any atom is -0.382 e. The molecular weight excluding hydrogens is 152 g/mol. The maximum atomic E-state index is 5.76. The fourth-order valence-electron chi connectivity index (χ4n) is 1.88. The smallest absolute Gasteiger partial charge is 0.150 e. The van der Waals surface area contributed by atoms with Crippen molar-refractivity contribution in [1.29, 1.82) is 0 Å². The van der Waals surface area contributed by atoms with Crippen LogP contribution in [0.1, 0.15) is 24.2 Å². The van der Waals surface area contributed by atoms with Crippen molar-refractivity contribution in [2.24, 2.45) is 7.05 Å². The normalized spacial score (nSPS) is 23.1. The molecule has 0 aromatic carbocycles. The summed E-state index contributed by atoms with van der Waals surface area (Å²) in [6.45, 7) is 3.10. The van der Waals surface area contributed by atoms with Gasteiger partial charge in [-0.2, -0.15) is 5.10 Å². The van der Waals surface area contributed by atoms with Crippen molar-refractivity contribution in [3.8, 4) is 0 Å². The van der Waals surface area contributed by atoms with E-state index >= 15 is 0 Å². The fourth-order valence-corrected chi connectivity index (χ4v) is 1.88. The zero-order valence-corrected chi connectivity index (χ0v) is 7.70. The second-order valence-electron chi connectivity index (χ2n) is 3.46. The monoisotopic (exact) mass is 166 g/mol. The molecule has 0 saturated carbocycles. The lowest BCUT2D eigenvalue weighted by atomic mass is 10.2. The van der Waals surface area contributed by atoms with Crippen LogP contribution in [0.25, 0.3) is 0 Å². The summed E-state index contributed by atoms with van der Waals surface area (Å²) >= 11 is 0. The summed E-state index contributed by atoms with van der Waals surface area (Å²) in [5.41, 5.74) is 8.22. The number of fused-ring (bicyclic) bond motifs is 1. The van der Waals surface area contributed by atoms with E-state index in [4.69, 9.17) is 5.73 Å². The lowest BCUT2D eigenvalue weighted by Crippen LogP contribution is -2.16. The Kier molecular flexibility index (Phi) is 1.41. The van der Waals surface area contributed by atoms with Crippen molar-refractivity contribution < 1.29 is 0 Å². The fraction of sp³-hybridized carbons (Fsp3) is 0.625. The average molecular weight is 166 g/mol. The summed E-state index contributed by atoms with van der Waals surface area (Å²) in [6.07, 6.45) is 0. The van der Waals surface area contributed by atoms with Gasteiger partial charge in [0.15, 0.2) is 0 Å². The lowest BCUT2D eigenvalue weighted by Gasteiger charge is -2.15. The van der Waals surface area contributed by atoms with Gasteiger partial charge in [0.1, 0.15) is 5.82 Å². The second-order valence-corrected chi connectivity index (χ2v) is 3.46. The molecule has 2 heterocycles.